The van der Waals surface area contributed by atoms with Gasteiger partial charge in [-0.25, -0.2) is 4.79 Å². The first kappa shape index (κ1) is 13.0. The van der Waals surface area contributed by atoms with E-state index in [1.54, 1.807) is 6.92 Å². The van der Waals surface area contributed by atoms with E-state index in [-0.39, 0.29) is 6.61 Å². The smallest absolute Gasteiger partial charge is 0.430 e. The van der Waals surface area contributed by atoms with Gasteiger partial charge in [0, 0.05) is 0 Å². The zero-order valence-corrected chi connectivity index (χ0v) is 9.55. The summed E-state index contributed by atoms with van der Waals surface area (Å²) in [5.74, 6) is 0. The van der Waals surface area contributed by atoms with Crippen LogP contribution in [0.15, 0.2) is 12.2 Å². The summed E-state index contributed by atoms with van der Waals surface area (Å²) in [5.41, 5.74) is 0.358. The Bertz CT molecular complexity index is 207. The van der Waals surface area contributed by atoms with Crippen LogP contribution < -0.4 is 0 Å². The second kappa shape index (κ2) is 5.68. The summed E-state index contributed by atoms with van der Waals surface area (Å²) in [7, 11) is 0. The monoisotopic (exact) mass is 200 g/mol. The summed E-state index contributed by atoms with van der Waals surface area (Å²) >= 11 is 0. The molecule has 0 heterocycles. The highest BCUT2D eigenvalue weighted by Gasteiger charge is 2.22. The van der Waals surface area contributed by atoms with E-state index >= 15 is 0 Å². The third kappa shape index (κ3) is 6.52. The average Bonchev–Trinajstić information content (AvgIpc) is 1.99. The molecule has 0 aliphatic rings. The van der Waals surface area contributed by atoms with Crippen LogP contribution in [0.5, 0.6) is 0 Å². The third-order valence-corrected chi connectivity index (χ3v) is 1.65. The van der Waals surface area contributed by atoms with Crippen molar-refractivity contribution >= 4 is 6.16 Å². The Morgan fingerprint density at radius 3 is 2.43 bits per heavy atom. The van der Waals surface area contributed by atoms with Crippen LogP contribution in [0.2, 0.25) is 0 Å². The van der Waals surface area contributed by atoms with Gasteiger partial charge in [0.15, 0.2) is 0 Å². The molecule has 0 aliphatic heterocycles. The molecule has 0 aliphatic carbocycles. The van der Waals surface area contributed by atoms with E-state index in [2.05, 4.69) is 6.58 Å². The summed E-state index contributed by atoms with van der Waals surface area (Å²) in [6.07, 6.45) is 1.18. The summed E-state index contributed by atoms with van der Waals surface area (Å²) in [5, 5.41) is 0. The second-order valence-corrected chi connectivity index (χ2v) is 4.11. The van der Waals surface area contributed by atoms with Gasteiger partial charge in [0.1, 0.15) is 12.2 Å². The first-order chi connectivity index (χ1) is 6.37. The molecule has 0 bridgehead atoms. The van der Waals surface area contributed by atoms with Gasteiger partial charge in [-0.3, -0.25) is 0 Å². The van der Waals surface area contributed by atoms with Crippen molar-refractivity contribution in [1.29, 1.82) is 0 Å². The number of carbonyl (C=O) groups is 1. The first-order valence-corrected chi connectivity index (χ1v) is 4.87. The number of carbonyl (C=O) groups excluding carboxylic acids is 1. The van der Waals surface area contributed by atoms with Gasteiger partial charge in [-0.15, -0.1) is 0 Å². The largest absolute Gasteiger partial charge is 0.509 e. The minimum atomic E-state index is -0.619. The predicted molar refractivity (Wildman–Crippen MR) is 56.2 cm³/mol. The van der Waals surface area contributed by atoms with Crippen LogP contribution in [0, 0.1) is 0 Å². The van der Waals surface area contributed by atoms with E-state index < -0.39 is 11.8 Å². The number of ether oxygens (including phenoxy) is 2. The molecule has 0 aromatic carbocycles. The Morgan fingerprint density at radius 1 is 1.43 bits per heavy atom. The van der Waals surface area contributed by atoms with Crippen LogP contribution in [0.4, 0.5) is 4.79 Å². The minimum absolute atomic E-state index is 0.223. The van der Waals surface area contributed by atoms with Crippen LogP contribution in [-0.4, -0.2) is 18.4 Å². The lowest BCUT2D eigenvalue weighted by Crippen LogP contribution is -2.28. The molecule has 0 atom stereocenters. The molecular formula is C11H20O3. The molecule has 0 unspecified atom stereocenters. The molecule has 0 spiro atoms. The maximum atomic E-state index is 11.2. The van der Waals surface area contributed by atoms with Gasteiger partial charge in [0.05, 0.1) is 0 Å². The Kier molecular flexibility index (Phi) is 5.28. The van der Waals surface area contributed by atoms with Gasteiger partial charge in [0.25, 0.3) is 0 Å². The lowest BCUT2D eigenvalue weighted by molar-refractivity contribution is -0.0173. The average molecular weight is 200 g/mol. The fourth-order valence-electron chi connectivity index (χ4n) is 1.09. The molecule has 0 radical (unpaired) electrons. The topological polar surface area (TPSA) is 35.5 Å². The van der Waals surface area contributed by atoms with E-state index in [0.717, 1.165) is 18.4 Å². The fraction of sp³-hybridized carbons (Fsp3) is 0.727. The van der Waals surface area contributed by atoms with E-state index in [1.807, 2.05) is 20.8 Å². The van der Waals surface area contributed by atoms with E-state index in [0.29, 0.717) is 0 Å². The van der Waals surface area contributed by atoms with Gasteiger partial charge in [0.2, 0.25) is 0 Å². The van der Waals surface area contributed by atoms with Crippen molar-refractivity contribution in [3.8, 4) is 0 Å². The van der Waals surface area contributed by atoms with Crippen molar-refractivity contribution in [3.05, 3.63) is 12.2 Å². The summed E-state index contributed by atoms with van der Waals surface area (Å²) < 4.78 is 9.95. The van der Waals surface area contributed by atoms with E-state index in [4.69, 9.17) is 9.47 Å². The lowest BCUT2D eigenvalue weighted by Gasteiger charge is -2.23. The molecule has 0 aromatic rings. The van der Waals surface area contributed by atoms with Crippen LogP contribution >= 0.6 is 0 Å². The Morgan fingerprint density at radius 2 is 2.00 bits per heavy atom. The lowest BCUT2D eigenvalue weighted by atomic mass is 10.0. The molecule has 3 nitrogen and oxygen atoms in total. The molecule has 0 aromatic heterocycles. The normalized spacial score (nSPS) is 10.9. The second-order valence-electron chi connectivity index (χ2n) is 4.11. The van der Waals surface area contributed by atoms with Crippen molar-refractivity contribution in [3.63, 3.8) is 0 Å². The van der Waals surface area contributed by atoms with E-state index in [9.17, 15) is 4.79 Å². The molecule has 0 saturated carbocycles. The standard InChI is InChI=1S/C11H20O3/c1-6-7-11(4,5)14-10(12)13-8-9(2)3/h2,6-8H2,1,3-5H3. The molecule has 0 amide bonds. The van der Waals surface area contributed by atoms with E-state index in [1.165, 1.54) is 0 Å². The minimum Gasteiger partial charge on any atom is -0.430 e. The Hall–Kier alpha value is -0.990. The Labute approximate surface area is 86.1 Å². The van der Waals surface area contributed by atoms with Crippen molar-refractivity contribution in [2.24, 2.45) is 0 Å². The number of rotatable bonds is 5. The van der Waals surface area contributed by atoms with Gasteiger partial charge < -0.3 is 9.47 Å². The zero-order valence-electron chi connectivity index (χ0n) is 9.55. The molecule has 0 N–H and O–H groups in total. The highest BCUT2D eigenvalue weighted by Crippen LogP contribution is 2.17. The van der Waals surface area contributed by atoms with Crippen molar-refractivity contribution in [2.75, 3.05) is 6.61 Å². The molecule has 82 valence electrons. The highest BCUT2D eigenvalue weighted by atomic mass is 16.7. The maximum Gasteiger partial charge on any atom is 0.509 e. The van der Waals surface area contributed by atoms with Gasteiger partial charge in [-0.1, -0.05) is 19.9 Å². The van der Waals surface area contributed by atoms with Gasteiger partial charge in [-0.2, -0.15) is 0 Å². The maximum absolute atomic E-state index is 11.2. The molecular weight excluding hydrogens is 180 g/mol. The SMILES string of the molecule is C=C(C)COC(=O)OC(C)(C)CCC. The zero-order chi connectivity index (χ0) is 11.2. The number of hydrogen-bond donors (Lipinski definition) is 0. The van der Waals surface area contributed by atoms with Crippen molar-refractivity contribution in [2.45, 2.75) is 46.1 Å². The van der Waals surface area contributed by atoms with Crippen LogP contribution in [0.1, 0.15) is 40.5 Å². The van der Waals surface area contributed by atoms with Gasteiger partial charge in [-0.05, 0) is 32.8 Å². The van der Waals surface area contributed by atoms with Crippen LogP contribution in [0.25, 0.3) is 0 Å². The Balaban J connectivity index is 3.86. The van der Waals surface area contributed by atoms with Crippen molar-refractivity contribution in [1.82, 2.24) is 0 Å². The summed E-state index contributed by atoms with van der Waals surface area (Å²) in [4.78, 5) is 11.2. The highest BCUT2D eigenvalue weighted by molar-refractivity contribution is 5.60. The fourth-order valence-corrected chi connectivity index (χ4v) is 1.09. The van der Waals surface area contributed by atoms with Crippen LogP contribution in [0.3, 0.4) is 0 Å². The molecule has 14 heavy (non-hydrogen) atoms. The van der Waals surface area contributed by atoms with Crippen molar-refractivity contribution < 1.29 is 14.3 Å². The molecule has 0 fully saturated rings. The first-order valence-electron chi connectivity index (χ1n) is 4.87. The quantitative estimate of drug-likeness (QED) is 0.504. The molecule has 0 saturated heterocycles. The summed E-state index contributed by atoms with van der Waals surface area (Å²) in [6.45, 7) is 11.4. The third-order valence-electron chi connectivity index (χ3n) is 1.65. The number of hydrogen-bond acceptors (Lipinski definition) is 3. The van der Waals surface area contributed by atoms with Crippen LogP contribution in [-0.2, 0) is 9.47 Å². The predicted octanol–water partition coefficient (Wildman–Crippen LogP) is 3.29. The molecule has 3 heteroatoms. The van der Waals surface area contributed by atoms with Gasteiger partial charge >= 0.3 is 6.16 Å². The molecule has 0 rings (SSSR count). The summed E-state index contributed by atoms with van der Waals surface area (Å²) in [6, 6.07) is 0.